The van der Waals surface area contributed by atoms with E-state index in [0.717, 1.165) is 41.8 Å². The molecule has 5 atom stereocenters. The maximum Gasteiger partial charge on any atom is 0.192 e. The topological polar surface area (TPSA) is 63.2 Å². The third-order valence-corrected chi connectivity index (χ3v) is 13.0. The van der Waals surface area contributed by atoms with Gasteiger partial charge < -0.3 is 28.2 Å². The molecule has 0 unspecified atom stereocenters. The van der Waals surface area contributed by atoms with Crippen LogP contribution in [0.25, 0.3) is 0 Å². The molecule has 7 heteroatoms. The van der Waals surface area contributed by atoms with Gasteiger partial charge in [-0.15, -0.1) is 0 Å². The lowest BCUT2D eigenvalue weighted by Gasteiger charge is -2.49. The standard InChI is InChI=1S/C32H48O6Si/c1-23(19-20-33)30-28(38-39(7,8)32(2,3)4)17-18-29(36-21-24-9-13-26(34-5)14-10-24)31(30)37-22-25-11-15-27(35-6)16-12-25/h9-16,20,23,28-31H,17-19,21-22H2,1-8H3/t23-,28-,29+,30-,31-/m1/s1. The van der Waals surface area contributed by atoms with Gasteiger partial charge in [0.1, 0.15) is 17.8 Å². The molecule has 0 aromatic heterocycles. The van der Waals surface area contributed by atoms with Crippen LogP contribution >= 0.6 is 0 Å². The Morgan fingerprint density at radius 1 is 0.846 bits per heavy atom. The van der Waals surface area contributed by atoms with Gasteiger partial charge in [0.2, 0.25) is 0 Å². The van der Waals surface area contributed by atoms with Crippen molar-refractivity contribution in [3.8, 4) is 11.5 Å². The minimum Gasteiger partial charge on any atom is -0.497 e. The number of benzene rings is 2. The van der Waals surface area contributed by atoms with Crippen LogP contribution in [-0.4, -0.2) is 47.1 Å². The summed E-state index contributed by atoms with van der Waals surface area (Å²) in [5, 5.41) is 0.0899. The van der Waals surface area contributed by atoms with Crippen molar-refractivity contribution < 1.29 is 28.2 Å². The average Bonchev–Trinajstić information content (AvgIpc) is 2.91. The van der Waals surface area contributed by atoms with E-state index >= 15 is 0 Å². The summed E-state index contributed by atoms with van der Waals surface area (Å²) < 4.78 is 30.9. The third-order valence-electron chi connectivity index (χ3n) is 8.51. The number of hydrogen-bond acceptors (Lipinski definition) is 6. The number of carbonyl (C=O) groups is 1. The lowest BCUT2D eigenvalue weighted by molar-refractivity contribution is -0.165. The largest absolute Gasteiger partial charge is 0.497 e. The Morgan fingerprint density at radius 2 is 1.33 bits per heavy atom. The Morgan fingerprint density at radius 3 is 1.79 bits per heavy atom. The maximum absolute atomic E-state index is 11.7. The van der Waals surface area contributed by atoms with Crippen LogP contribution in [0.1, 0.15) is 58.1 Å². The predicted octanol–water partition coefficient (Wildman–Crippen LogP) is 7.20. The number of methoxy groups -OCH3 is 2. The Labute approximate surface area is 236 Å². The Kier molecular flexibility index (Phi) is 11.2. The molecule has 0 radical (unpaired) electrons. The third kappa shape index (κ3) is 8.40. The molecule has 1 saturated carbocycles. The fourth-order valence-electron chi connectivity index (χ4n) is 5.07. The van der Waals surface area contributed by atoms with E-state index < -0.39 is 8.32 Å². The highest BCUT2D eigenvalue weighted by Crippen LogP contribution is 2.44. The van der Waals surface area contributed by atoms with E-state index in [9.17, 15) is 4.79 Å². The van der Waals surface area contributed by atoms with E-state index in [1.54, 1.807) is 14.2 Å². The van der Waals surface area contributed by atoms with Gasteiger partial charge in [0, 0.05) is 12.3 Å². The minimum absolute atomic E-state index is 0.0162. The molecular formula is C32H48O6Si. The maximum atomic E-state index is 11.7. The number of rotatable bonds is 13. The van der Waals surface area contributed by atoms with Gasteiger partial charge in [0.05, 0.1) is 45.7 Å². The van der Waals surface area contributed by atoms with Crippen molar-refractivity contribution in [3.63, 3.8) is 0 Å². The van der Waals surface area contributed by atoms with Crippen LogP contribution in [0, 0.1) is 11.8 Å². The minimum atomic E-state index is -2.04. The monoisotopic (exact) mass is 556 g/mol. The molecule has 0 spiro atoms. The first kappa shape index (κ1) is 31.3. The van der Waals surface area contributed by atoms with Crippen LogP contribution in [0.5, 0.6) is 11.5 Å². The number of carbonyl (C=O) groups excluding carboxylic acids is 1. The van der Waals surface area contributed by atoms with Crippen LogP contribution < -0.4 is 9.47 Å². The van der Waals surface area contributed by atoms with Crippen LogP contribution in [-0.2, 0) is 31.9 Å². The van der Waals surface area contributed by atoms with Crippen LogP contribution in [0.3, 0.4) is 0 Å². The van der Waals surface area contributed by atoms with E-state index in [0.29, 0.717) is 19.6 Å². The van der Waals surface area contributed by atoms with E-state index in [-0.39, 0.29) is 35.2 Å². The van der Waals surface area contributed by atoms with Gasteiger partial charge in [-0.3, -0.25) is 0 Å². The highest BCUT2D eigenvalue weighted by Gasteiger charge is 2.48. The molecule has 2 aromatic rings. The lowest BCUT2D eigenvalue weighted by atomic mass is 9.74. The summed E-state index contributed by atoms with van der Waals surface area (Å²) in [5.41, 5.74) is 2.15. The van der Waals surface area contributed by atoms with Crippen LogP contribution in [0.15, 0.2) is 48.5 Å². The summed E-state index contributed by atoms with van der Waals surface area (Å²) in [6.07, 6.45) is 2.92. The highest BCUT2D eigenvalue weighted by atomic mass is 28.4. The molecule has 39 heavy (non-hydrogen) atoms. The molecule has 3 rings (SSSR count). The molecular weight excluding hydrogens is 508 g/mol. The summed E-state index contributed by atoms with van der Waals surface area (Å²) in [6, 6.07) is 15.9. The van der Waals surface area contributed by atoms with E-state index in [2.05, 4.69) is 40.8 Å². The van der Waals surface area contributed by atoms with Crippen molar-refractivity contribution >= 4 is 14.6 Å². The molecule has 0 amide bonds. The van der Waals surface area contributed by atoms with Gasteiger partial charge in [-0.1, -0.05) is 52.0 Å². The van der Waals surface area contributed by atoms with E-state index in [1.807, 2.05) is 48.5 Å². The second kappa shape index (κ2) is 13.9. The summed E-state index contributed by atoms with van der Waals surface area (Å²) >= 11 is 0. The first-order valence-electron chi connectivity index (χ1n) is 14.1. The molecule has 2 aromatic carbocycles. The normalized spacial score (nSPS) is 22.8. The summed E-state index contributed by atoms with van der Waals surface area (Å²) in [5.74, 6) is 1.78. The van der Waals surface area contributed by atoms with E-state index in [1.165, 1.54) is 0 Å². The fraction of sp³-hybridized carbons (Fsp3) is 0.594. The van der Waals surface area contributed by atoms with Crippen molar-refractivity contribution in [3.05, 3.63) is 59.7 Å². The van der Waals surface area contributed by atoms with Crippen LogP contribution in [0.4, 0.5) is 0 Å². The molecule has 0 N–H and O–H groups in total. The predicted molar refractivity (Wildman–Crippen MR) is 158 cm³/mol. The van der Waals surface area contributed by atoms with Gasteiger partial charge in [0.25, 0.3) is 0 Å². The zero-order chi connectivity index (χ0) is 28.6. The summed E-state index contributed by atoms with van der Waals surface area (Å²) in [4.78, 5) is 11.7. The van der Waals surface area contributed by atoms with Gasteiger partial charge in [-0.05, 0) is 72.3 Å². The molecule has 1 fully saturated rings. The molecule has 0 aliphatic heterocycles. The Hall–Kier alpha value is -2.19. The smallest absolute Gasteiger partial charge is 0.192 e. The summed E-state index contributed by atoms with van der Waals surface area (Å²) in [7, 11) is 1.29. The molecule has 1 aliphatic carbocycles. The van der Waals surface area contributed by atoms with Crippen molar-refractivity contribution in [2.75, 3.05) is 14.2 Å². The Bertz CT molecular complexity index is 1010. The summed E-state index contributed by atoms with van der Waals surface area (Å²) in [6.45, 7) is 14.5. The van der Waals surface area contributed by atoms with E-state index in [4.69, 9.17) is 23.4 Å². The zero-order valence-electron chi connectivity index (χ0n) is 25.1. The average molecular weight is 557 g/mol. The fourth-order valence-corrected chi connectivity index (χ4v) is 6.46. The second-order valence-corrected chi connectivity index (χ2v) is 17.0. The molecule has 1 aliphatic rings. The van der Waals surface area contributed by atoms with Crippen molar-refractivity contribution in [2.24, 2.45) is 11.8 Å². The molecule has 0 heterocycles. The van der Waals surface area contributed by atoms with Gasteiger partial charge >= 0.3 is 0 Å². The number of hydrogen-bond donors (Lipinski definition) is 0. The number of aldehydes is 1. The molecule has 0 bridgehead atoms. The quantitative estimate of drug-likeness (QED) is 0.192. The second-order valence-electron chi connectivity index (χ2n) is 12.3. The van der Waals surface area contributed by atoms with Gasteiger partial charge in [0.15, 0.2) is 8.32 Å². The Balaban J connectivity index is 1.87. The van der Waals surface area contributed by atoms with Crippen molar-refractivity contribution in [1.82, 2.24) is 0 Å². The first-order chi connectivity index (χ1) is 18.5. The van der Waals surface area contributed by atoms with Gasteiger partial charge in [-0.25, -0.2) is 0 Å². The van der Waals surface area contributed by atoms with Crippen molar-refractivity contribution in [1.29, 1.82) is 0 Å². The number of ether oxygens (including phenoxy) is 4. The highest BCUT2D eigenvalue weighted by molar-refractivity contribution is 6.74. The van der Waals surface area contributed by atoms with Gasteiger partial charge in [-0.2, -0.15) is 0 Å². The van der Waals surface area contributed by atoms with Crippen molar-refractivity contribution in [2.45, 2.75) is 96.6 Å². The molecule has 0 saturated heterocycles. The van der Waals surface area contributed by atoms with Crippen LogP contribution in [0.2, 0.25) is 18.1 Å². The zero-order valence-corrected chi connectivity index (χ0v) is 26.1. The first-order valence-corrected chi connectivity index (χ1v) is 17.0. The molecule has 216 valence electrons. The molecule has 6 nitrogen and oxygen atoms in total. The lowest BCUT2D eigenvalue weighted by Crippen LogP contribution is -2.55. The SMILES string of the molecule is COc1ccc(CO[C@H]2[C@H]([C@H](C)CC=O)[C@H](O[Si](C)(C)C(C)(C)C)CC[C@@H]2OCc2ccc(OC)cc2)cc1.